The summed E-state index contributed by atoms with van der Waals surface area (Å²) < 4.78 is 10.5. The fourth-order valence-electron chi connectivity index (χ4n) is 1.88. The van der Waals surface area contributed by atoms with Crippen molar-refractivity contribution in [1.82, 2.24) is 0 Å². The second-order valence-electron chi connectivity index (χ2n) is 6.90. The quantitative estimate of drug-likeness (QED) is 0.367. The van der Waals surface area contributed by atoms with Crippen molar-refractivity contribution in [3.8, 4) is 0 Å². The highest BCUT2D eigenvalue weighted by atomic mass is 16.5. The van der Waals surface area contributed by atoms with E-state index in [0.29, 0.717) is 0 Å². The van der Waals surface area contributed by atoms with Crippen molar-refractivity contribution >= 4 is 0 Å². The zero-order valence-corrected chi connectivity index (χ0v) is 18.2. The molecule has 2 nitrogen and oxygen atoms in total. The van der Waals surface area contributed by atoms with Crippen LogP contribution in [0.5, 0.6) is 0 Å². The maximum Gasteiger partial charge on any atom is 0.0905 e. The average molecular weight is 333 g/mol. The summed E-state index contributed by atoms with van der Waals surface area (Å²) in [6, 6.07) is 0. The summed E-state index contributed by atoms with van der Waals surface area (Å²) in [5, 5.41) is 0. The lowest BCUT2D eigenvalue weighted by Gasteiger charge is -2.38. The van der Waals surface area contributed by atoms with Crippen LogP contribution in [0, 0.1) is 0 Å². The van der Waals surface area contributed by atoms with Crippen molar-refractivity contribution in [3.05, 3.63) is 0 Å². The molecule has 23 heavy (non-hydrogen) atoms. The maximum atomic E-state index is 5.27. The molecule has 0 aromatic rings. The van der Waals surface area contributed by atoms with Gasteiger partial charge in [0.1, 0.15) is 0 Å². The van der Waals surface area contributed by atoms with Gasteiger partial charge in [0, 0.05) is 14.2 Å². The number of unbranched alkanes of at least 4 members (excludes halogenated alkanes) is 8. The predicted molar refractivity (Wildman–Crippen MR) is 106 cm³/mol. The molecule has 0 aliphatic heterocycles. The van der Waals surface area contributed by atoms with Gasteiger partial charge >= 0.3 is 0 Å². The number of methoxy groups -OCH3 is 2. The Labute approximate surface area is 148 Å². The molecule has 0 saturated heterocycles. The summed E-state index contributed by atoms with van der Waals surface area (Å²) in [6.07, 6.45) is 13.0. The van der Waals surface area contributed by atoms with E-state index in [2.05, 4.69) is 13.8 Å². The molecule has 144 valence electrons. The number of hydrogen-bond acceptors (Lipinski definition) is 2. The fraction of sp³-hybridized carbons (Fsp3) is 1.00. The lowest BCUT2D eigenvalue weighted by molar-refractivity contribution is -0.147. The molecule has 0 spiro atoms. The summed E-state index contributed by atoms with van der Waals surface area (Å²) in [5.74, 6) is 0. The van der Waals surface area contributed by atoms with Gasteiger partial charge in [-0.1, -0.05) is 85.5 Å². The van der Waals surface area contributed by atoms with Gasteiger partial charge in [0.2, 0.25) is 0 Å². The minimum atomic E-state index is -0.234. The van der Waals surface area contributed by atoms with Crippen LogP contribution in [0.25, 0.3) is 0 Å². The average Bonchev–Trinajstić information content (AvgIpc) is 2.56. The highest BCUT2D eigenvalue weighted by Gasteiger charge is 2.36. The molecule has 0 fully saturated rings. The predicted octanol–water partition coefficient (Wildman–Crippen LogP) is 7.40. The van der Waals surface area contributed by atoms with Gasteiger partial charge in [-0.25, -0.2) is 0 Å². The van der Waals surface area contributed by atoms with E-state index in [1.165, 1.54) is 57.8 Å². The molecular weight excluding hydrogens is 284 g/mol. The molecule has 0 bridgehead atoms. The summed E-state index contributed by atoms with van der Waals surface area (Å²) in [4.78, 5) is 0. The Hall–Kier alpha value is -0.0800. The molecule has 0 aromatic heterocycles. The molecule has 0 aliphatic rings. The van der Waals surface area contributed by atoms with Crippen molar-refractivity contribution in [2.24, 2.45) is 0 Å². The molecule has 0 radical (unpaired) electrons. The lowest BCUT2D eigenvalue weighted by atomic mass is 9.89. The highest BCUT2D eigenvalue weighted by molar-refractivity contribution is 4.88. The summed E-state index contributed by atoms with van der Waals surface area (Å²) in [7, 11) is 3.39. The second-order valence-corrected chi connectivity index (χ2v) is 6.90. The zero-order valence-electron chi connectivity index (χ0n) is 18.2. The van der Waals surface area contributed by atoms with Crippen LogP contribution in [0.3, 0.4) is 0 Å². The number of rotatable bonds is 11. The molecule has 2 heteroatoms. The molecule has 0 N–H and O–H groups in total. The number of hydrogen-bond donors (Lipinski definition) is 0. The van der Waals surface area contributed by atoms with E-state index < -0.39 is 0 Å². The smallest absolute Gasteiger partial charge is 0.0905 e. The standard InChI is InChI=1S/C11H24.C8H18O2.C2H6/c1-3-5-7-9-11-10-8-6-4-2;1-7(2,9-5)8(3,4)10-6;1-2/h3-11H2,1-2H3;1-6H3;1-2H3. The molecule has 0 aliphatic carbocycles. The largest absolute Gasteiger partial charge is 0.376 e. The van der Waals surface area contributed by atoms with Gasteiger partial charge < -0.3 is 9.47 Å². The van der Waals surface area contributed by atoms with Crippen LogP contribution >= 0.6 is 0 Å². The molecule has 0 rings (SSSR count). The zero-order chi connectivity index (χ0) is 18.8. The topological polar surface area (TPSA) is 18.5 Å². The Morgan fingerprint density at radius 3 is 0.913 bits per heavy atom. The lowest BCUT2D eigenvalue weighted by Crippen LogP contribution is -2.48. The van der Waals surface area contributed by atoms with Crippen molar-refractivity contribution in [3.63, 3.8) is 0 Å². The van der Waals surface area contributed by atoms with Crippen LogP contribution < -0.4 is 0 Å². The third-order valence-electron chi connectivity index (χ3n) is 4.68. The minimum absolute atomic E-state index is 0.234. The van der Waals surface area contributed by atoms with Gasteiger partial charge in [-0.2, -0.15) is 0 Å². The van der Waals surface area contributed by atoms with Crippen LogP contribution in [0.1, 0.15) is 113 Å². The Morgan fingerprint density at radius 2 is 0.739 bits per heavy atom. The summed E-state index contributed by atoms with van der Waals surface area (Å²) in [6.45, 7) is 16.6. The first-order valence-corrected chi connectivity index (χ1v) is 9.89. The van der Waals surface area contributed by atoms with E-state index in [-0.39, 0.29) is 11.2 Å². The van der Waals surface area contributed by atoms with Gasteiger partial charge in [-0.3, -0.25) is 0 Å². The van der Waals surface area contributed by atoms with E-state index in [9.17, 15) is 0 Å². The van der Waals surface area contributed by atoms with Crippen LogP contribution in [-0.2, 0) is 9.47 Å². The van der Waals surface area contributed by atoms with Crippen molar-refractivity contribution in [1.29, 1.82) is 0 Å². The molecular formula is C21H48O2. The number of ether oxygens (including phenoxy) is 2. The Kier molecular flexibility index (Phi) is 22.0. The van der Waals surface area contributed by atoms with Crippen LogP contribution in [0.4, 0.5) is 0 Å². The van der Waals surface area contributed by atoms with Gasteiger partial charge in [0.25, 0.3) is 0 Å². The normalized spacial score (nSPS) is 11.2. The Morgan fingerprint density at radius 1 is 0.522 bits per heavy atom. The first-order valence-electron chi connectivity index (χ1n) is 9.89. The van der Waals surface area contributed by atoms with Crippen LogP contribution in [0.2, 0.25) is 0 Å². The van der Waals surface area contributed by atoms with E-state index in [1.807, 2.05) is 41.5 Å². The van der Waals surface area contributed by atoms with E-state index in [4.69, 9.17) is 9.47 Å². The first kappa shape index (κ1) is 27.8. The third-order valence-corrected chi connectivity index (χ3v) is 4.68. The minimum Gasteiger partial charge on any atom is -0.376 e. The van der Waals surface area contributed by atoms with Gasteiger partial charge in [0.15, 0.2) is 0 Å². The molecule has 0 atom stereocenters. The third kappa shape index (κ3) is 16.6. The first-order chi connectivity index (χ1) is 10.8. The van der Waals surface area contributed by atoms with Crippen molar-refractivity contribution in [2.75, 3.05) is 14.2 Å². The molecule has 0 saturated carbocycles. The van der Waals surface area contributed by atoms with Gasteiger partial charge in [-0.05, 0) is 27.7 Å². The van der Waals surface area contributed by atoms with Gasteiger partial charge in [0.05, 0.1) is 11.2 Å². The maximum absolute atomic E-state index is 5.27. The second kappa shape index (κ2) is 18.3. The molecule has 0 aromatic carbocycles. The fourth-order valence-corrected chi connectivity index (χ4v) is 1.88. The van der Waals surface area contributed by atoms with Crippen LogP contribution in [0.15, 0.2) is 0 Å². The molecule has 0 amide bonds. The van der Waals surface area contributed by atoms with Crippen molar-refractivity contribution in [2.45, 2.75) is 124 Å². The Bertz CT molecular complexity index is 188. The summed E-state index contributed by atoms with van der Waals surface area (Å²) >= 11 is 0. The van der Waals surface area contributed by atoms with Crippen molar-refractivity contribution < 1.29 is 9.47 Å². The summed E-state index contributed by atoms with van der Waals surface area (Å²) in [5.41, 5.74) is -0.469. The van der Waals surface area contributed by atoms with E-state index >= 15 is 0 Å². The Balaban J connectivity index is -0.000000315. The van der Waals surface area contributed by atoms with E-state index in [0.717, 1.165) is 0 Å². The highest BCUT2D eigenvalue weighted by Crippen LogP contribution is 2.27. The monoisotopic (exact) mass is 332 g/mol. The SMILES string of the molecule is CC.CCCCCCCCCCC.COC(C)(C)C(C)(C)OC. The molecule has 0 heterocycles. The van der Waals surface area contributed by atoms with Crippen LogP contribution in [-0.4, -0.2) is 25.4 Å². The van der Waals surface area contributed by atoms with E-state index in [1.54, 1.807) is 14.2 Å². The molecule has 0 unspecified atom stereocenters. The van der Waals surface area contributed by atoms with Gasteiger partial charge in [-0.15, -0.1) is 0 Å².